The summed E-state index contributed by atoms with van der Waals surface area (Å²) < 4.78 is 26.3. The standard InChI is InChI=1S/C13H18N2O5S/c1-10(16)11-5-7-14(8-6-11)21(19,20)13-4-2-3-12(9-13)15(17)18/h2-4,9-11,16H,5-8H2,1H3. The molecule has 1 N–H and O–H groups in total. The van der Waals surface area contributed by atoms with Crippen molar-refractivity contribution in [2.24, 2.45) is 5.92 Å². The first-order chi connectivity index (χ1) is 9.82. The maximum Gasteiger partial charge on any atom is 0.270 e. The molecule has 1 aliphatic heterocycles. The Morgan fingerprint density at radius 2 is 2.00 bits per heavy atom. The third kappa shape index (κ3) is 3.39. The number of sulfonamides is 1. The van der Waals surface area contributed by atoms with E-state index in [9.17, 15) is 23.6 Å². The summed E-state index contributed by atoms with van der Waals surface area (Å²) in [7, 11) is -3.72. The molecule has 7 nitrogen and oxygen atoms in total. The zero-order valence-electron chi connectivity index (χ0n) is 11.7. The van der Waals surface area contributed by atoms with Crippen molar-refractivity contribution in [2.75, 3.05) is 13.1 Å². The van der Waals surface area contributed by atoms with Gasteiger partial charge in [-0.3, -0.25) is 10.1 Å². The molecule has 1 atom stereocenters. The van der Waals surface area contributed by atoms with Crippen LogP contribution in [0.4, 0.5) is 5.69 Å². The number of nitro groups is 1. The van der Waals surface area contributed by atoms with Crippen molar-refractivity contribution in [1.29, 1.82) is 0 Å². The van der Waals surface area contributed by atoms with Crippen molar-refractivity contribution < 1.29 is 18.4 Å². The molecule has 1 aliphatic rings. The summed E-state index contributed by atoms with van der Waals surface area (Å²) in [6, 6.07) is 5.07. The second-order valence-corrected chi connectivity index (χ2v) is 7.17. The van der Waals surface area contributed by atoms with Crippen LogP contribution in [0.5, 0.6) is 0 Å². The number of hydrogen-bond donors (Lipinski definition) is 1. The summed E-state index contributed by atoms with van der Waals surface area (Å²) >= 11 is 0. The molecule has 0 aliphatic carbocycles. The number of benzene rings is 1. The first-order valence-electron chi connectivity index (χ1n) is 6.75. The number of nitro benzene ring substituents is 1. The van der Waals surface area contributed by atoms with Crippen molar-refractivity contribution in [3.63, 3.8) is 0 Å². The normalized spacial score (nSPS) is 19.3. The summed E-state index contributed by atoms with van der Waals surface area (Å²) in [6.45, 7) is 2.34. The first-order valence-corrected chi connectivity index (χ1v) is 8.19. The van der Waals surface area contributed by atoms with Crippen molar-refractivity contribution in [3.05, 3.63) is 34.4 Å². The van der Waals surface area contributed by atoms with Crippen molar-refractivity contribution >= 4 is 15.7 Å². The molecular weight excluding hydrogens is 296 g/mol. The van der Waals surface area contributed by atoms with Crippen LogP contribution < -0.4 is 0 Å². The van der Waals surface area contributed by atoms with Gasteiger partial charge in [-0.15, -0.1) is 0 Å². The smallest absolute Gasteiger partial charge is 0.270 e. The fourth-order valence-electron chi connectivity index (χ4n) is 2.51. The lowest BCUT2D eigenvalue weighted by atomic mass is 9.93. The van der Waals surface area contributed by atoms with Gasteiger partial charge < -0.3 is 5.11 Å². The Morgan fingerprint density at radius 3 is 2.52 bits per heavy atom. The van der Waals surface area contributed by atoms with Crippen molar-refractivity contribution in [3.8, 4) is 0 Å². The van der Waals surface area contributed by atoms with Crippen LogP contribution in [0.15, 0.2) is 29.2 Å². The summed E-state index contributed by atoms with van der Waals surface area (Å²) in [5, 5.41) is 20.3. The van der Waals surface area contributed by atoms with Crippen LogP contribution in [0.3, 0.4) is 0 Å². The lowest BCUT2D eigenvalue weighted by Crippen LogP contribution is -2.40. The minimum Gasteiger partial charge on any atom is -0.393 e. The number of rotatable bonds is 4. The maximum absolute atomic E-state index is 12.5. The van der Waals surface area contributed by atoms with Crippen LogP contribution in [-0.2, 0) is 10.0 Å². The Labute approximate surface area is 123 Å². The van der Waals surface area contributed by atoms with Crippen LogP contribution >= 0.6 is 0 Å². The van der Waals surface area contributed by atoms with E-state index in [0.29, 0.717) is 25.9 Å². The average molecular weight is 314 g/mol. The number of aliphatic hydroxyl groups excluding tert-OH is 1. The second kappa shape index (κ2) is 6.08. The van der Waals surface area contributed by atoms with Gasteiger partial charge in [0.2, 0.25) is 10.0 Å². The molecule has 2 rings (SSSR count). The molecule has 0 radical (unpaired) electrons. The molecule has 1 aromatic rings. The van der Waals surface area contributed by atoms with E-state index in [0.717, 1.165) is 6.07 Å². The molecule has 0 amide bonds. The highest BCUT2D eigenvalue weighted by Gasteiger charge is 2.31. The molecule has 1 unspecified atom stereocenters. The number of non-ortho nitro benzene ring substituents is 1. The molecule has 0 bridgehead atoms. The van der Waals surface area contributed by atoms with E-state index in [4.69, 9.17) is 0 Å². The highest BCUT2D eigenvalue weighted by Crippen LogP contribution is 2.27. The van der Waals surface area contributed by atoms with Gasteiger partial charge in [0.05, 0.1) is 15.9 Å². The Morgan fingerprint density at radius 1 is 1.38 bits per heavy atom. The molecule has 0 saturated carbocycles. The van der Waals surface area contributed by atoms with Crippen LogP contribution in [0.1, 0.15) is 19.8 Å². The molecule has 0 aromatic heterocycles. The van der Waals surface area contributed by atoms with E-state index in [1.165, 1.54) is 22.5 Å². The number of hydrogen-bond acceptors (Lipinski definition) is 5. The maximum atomic E-state index is 12.5. The lowest BCUT2D eigenvalue weighted by molar-refractivity contribution is -0.385. The molecule has 1 fully saturated rings. The summed E-state index contributed by atoms with van der Waals surface area (Å²) in [6.07, 6.45) is 0.727. The Hall–Kier alpha value is -1.51. The third-order valence-electron chi connectivity index (χ3n) is 3.85. The van der Waals surface area contributed by atoms with Crippen LogP contribution in [-0.4, -0.2) is 41.9 Å². The number of piperidine rings is 1. The van der Waals surface area contributed by atoms with E-state index < -0.39 is 21.1 Å². The quantitative estimate of drug-likeness (QED) is 0.668. The predicted octanol–water partition coefficient (Wildman–Crippen LogP) is 1.38. The average Bonchev–Trinajstić information content (AvgIpc) is 2.47. The van der Waals surface area contributed by atoms with Crippen molar-refractivity contribution in [2.45, 2.75) is 30.8 Å². The molecule has 0 spiro atoms. The van der Waals surface area contributed by atoms with Gasteiger partial charge in [0, 0.05) is 25.2 Å². The Bertz CT molecular complexity index is 621. The van der Waals surface area contributed by atoms with Gasteiger partial charge in [0.1, 0.15) is 0 Å². The summed E-state index contributed by atoms with van der Waals surface area (Å²) in [4.78, 5) is 10.1. The molecule has 116 valence electrons. The van der Waals surface area contributed by atoms with Gasteiger partial charge in [-0.05, 0) is 31.7 Å². The predicted molar refractivity (Wildman–Crippen MR) is 76.3 cm³/mol. The van der Waals surface area contributed by atoms with Crippen molar-refractivity contribution in [1.82, 2.24) is 4.31 Å². The fourth-order valence-corrected chi connectivity index (χ4v) is 4.02. The van der Waals surface area contributed by atoms with Gasteiger partial charge in [0.25, 0.3) is 5.69 Å². The van der Waals surface area contributed by atoms with Gasteiger partial charge in [-0.1, -0.05) is 6.07 Å². The first kappa shape index (κ1) is 15.9. The minimum absolute atomic E-state index is 0.0628. The van der Waals surface area contributed by atoms with E-state index >= 15 is 0 Å². The zero-order valence-corrected chi connectivity index (χ0v) is 12.5. The summed E-state index contributed by atoms with van der Waals surface area (Å²) in [5.41, 5.74) is -0.241. The van der Waals surface area contributed by atoms with Crippen LogP contribution in [0, 0.1) is 16.0 Å². The van der Waals surface area contributed by atoms with E-state index in [2.05, 4.69) is 0 Å². The number of aliphatic hydroxyl groups is 1. The van der Waals surface area contributed by atoms with Gasteiger partial charge in [-0.2, -0.15) is 4.31 Å². The summed E-state index contributed by atoms with van der Waals surface area (Å²) in [5.74, 6) is 0.0987. The van der Waals surface area contributed by atoms with Crippen LogP contribution in [0.2, 0.25) is 0 Å². The molecular formula is C13H18N2O5S. The minimum atomic E-state index is -3.72. The molecule has 1 saturated heterocycles. The third-order valence-corrected chi connectivity index (χ3v) is 5.74. The van der Waals surface area contributed by atoms with Gasteiger partial charge >= 0.3 is 0 Å². The Kier molecular flexibility index (Phi) is 4.60. The van der Waals surface area contributed by atoms with Gasteiger partial charge in [0.15, 0.2) is 0 Å². The molecule has 21 heavy (non-hydrogen) atoms. The highest BCUT2D eigenvalue weighted by atomic mass is 32.2. The van der Waals surface area contributed by atoms with Gasteiger partial charge in [-0.25, -0.2) is 8.42 Å². The topological polar surface area (TPSA) is 101 Å². The lowest BCUT2D eigenvalue weighted by Gasteiger charge is -2.32. The Balaban J connectivity index is 2.19. The SMILES string of the molecule is CC(O)C1CCN(S(=O)(=O)c2cccc([N+](=O)[O-])c2)CC1. The molecule has 8 heteroatoms. The van der Waals surface area contributed by atoms with Crippen LogP contribution in [0.25, 0.3) is 0 Å². The monoisotopic (exact) mass is 314 g/mol. The van der Waals surface area contributed by atoms with E-state index in [1.54, 1.807) is 6.92 Å². The molecule has 1 aromatic carbocycles. The number of nitrogens with zero attached hydrogens (tertiary/aromatic N) is 2. The fraction of sp³-hybridized carbons (Fsp3) is 0.538. The largest absolute Gasteiger partial charge is 0.393 e. The van der Waals surface area contributed by atoms with E-state index in [-0.39, 0.29) is 16.5 Å². The van der Waals surface area contributed by atoms with E-state index in [1.807, 2.05) is 0 Å². The zero-order chi connectivity index (χ0) is 15.6. The second-order valence-electron chi connectivity index (χ2n) is 5.24. The highest BCUT2D eigenvalue weighted by molar-refractivity contribution is 7.89. The molecule has 1 heterocycles.